The van der Waals surface area contributed by atoms with Crippen LogP contribution >= 0.6 is 15.9 Å². The normalized spacial score (nSPS) is 23.5. The largest absolute Gasteiger partial charge is 0.380 e. The summed E-state index contributed by atoms with van der Waals surface area (Å²) in [6.07, 6.45) is 5.10. The monoisotopic (exact) mass is 364 g/mol. The van der Waals surface area contributed by atoms with Crippen molar-refractivity contribution in [2.24, 2.45) is 0 Å². The van der Waals surface area contributed by atoms with Crippen LogP contribution in [0.4, 0.5) is 0 Å². The molecule has 0 unspecified atom stereocenters. The highest BCUT2D eigenvalue weighted by Crippen LogP contribution is 2.25. The fraction of sp³-hybridized carbons (Fsp3) is 0.562. The Kier molecular flexibility index (Phi) is 3.94. The van der Waals surface area contributed by atoms with Crippen LogP contribution in [0.3, 0.4) is 0 Å². The van der Waals surface area contributed by atoms with Gasteiger partial charge < -0.3 is 9.72 Å². The first-order valence-electron chi connectivity index (χ1n) is 7.84. The van der Waals surface area contributed by atoms with Gasteiger partial charge in [0.1, 0.15) is 5.65 Å². The molecule has 22 heavy (non-hydrogen) atoms. The van der Waals surface area contributed by atoms with E-state index in [4.69, 9.17) is 4.74 Å². The van der Waals surface area contributed by atoms with Gasteiger partial charge in [0.15, 0.2) is 0 Å². The first-order valence-corrected chi connectivity index (χ1v) is 8.63. The zero-order valence-electron chi connectivity index (χ0n) is 12.8. The molecule has 0 aliphatic carbocycles. The van der Waals surface area contributed by atoms with E-state index in [2.05, 4.69) is 55.0 Å². The van der Waals surface area contributed by atoms with Crippen LogP contribution in [-0.2, 0) is 11.3 Å². The first kappa shape index (κ1) is 14.6. The molecule has 4 heterocycles. The highest BCUT2D eigenvalue weighted by Gasteiger charge is 2.34. The van der Waals surface area contributed by atoms with Crippen LogP contribution in [0.15, 0.2) is 22.9 Å². The van der Waals surface area contributed by atoms with Gasteiger partial charge in [0.25, 0.3) is 0 Å². The summed E-state index contributed by atoms with van der Waals surface area (Å²) in [6.45, 7) is 5.09. The summed E-state index contributed by atoms with van der Waals surface area (Å²) in [4.78, 5) is 12.7. The number of aromatic nitrogens is 2. The molecule has 1 atom stereocenters. The molecule has 0 bridgehead atoms. The van der Waals surface area contributed by atoms with Crippen molar-refractivity contribution < 1.29 is 4.74 Å². The van der Waals surface area contributed by atoms with Crippen LogP contribution in [0.25, 0.3) is 11.0 Å². The van der Waals surface area contributed by atoms with Crippen LogP contribution in [0.1, 0.15) is 12.0 Å². The molecule has 0 spiro atoms. The molecule has 2 aromatic heterocycles. The second-order valence-corrected chi connectivity index (χ2v) is 7.31. The van der Waals surface area contributed by atoms with Crippen molar-refractivity contribution in [3.63, 3.8) is 0 Å². The summed E-state index contributed by atoms with van der Waals surface area (Å²) in [5.41, 5.74) is 2.30. The Labute approximate surface area is 138 Å². The van der Waals surface area contributed by atoms with Crippen LogP contribution in [0.2, 0.25) is 0 Å². The van der Waals surface area contributed by atoms with Gasteiger partial charge in [-0.3, -0.25) is 9.80 Å². The van der Waals surface area contributed by atoms with Gasteiger partial charge in [-0.25, -0.2) is 4.98 Å². The Bertz CT molecular complexity index is 661. The van der Waals surface area contributed by atoms with Gasteiger partial charge in [-0.05, 0) is 41.0 Å². The Balaban J connectivity index is 1.38. The quantitative estimate of drug-likeness (QED) is 0.903. The maximum atomic E-state index is 5.50. The molecule has 0 saturated carbocycles. The Hall–Kier alpha value is -0.950. The average Bonchev–Trinajstić information content (AvgIpc) is 3.11. The predicted octanol–water partition coefficient (Wildman–Crippen LogP) is 2.23. The molecule has 2 fully saturated rings. The van der Waals surface area contributed by atoms with Gasteiger partial charge in [0.2, 0.25) is 0 Å². The molecule has 2 aliphatic rings. The number of H-pyrrole nitrogens is 1. The van der Waals surface area contributed by atoms with Crippen molar-refractivity contribution in [1.29, 1.82) is 0 Å². The zero-order valence-corrected chi connectivity index (χ0v) is 14.3. The molecule has 0 aromatic carbocycles. The van der Waals surface area contributed by atoms with E-state index in [0.717, 1.165) is 43.0 Å². The van der Waals surface area contributed by atoms with E-state index < -0.39 is 0 Å². The third-order valence-corrected chi connectivity index (χ3v) is 5.41. The van der Waals surface area contributed by atoms with Crippen molar-refractivity contribution in [2.45, 2.75) is 25.0 Å². The maximum Gasteiger partial charge on any atom is 0.137 e. The second kappa shape index (κ2) is 5.92. The Morgan fingerprint density at radius 1 is 1.45 bits per heavy atom. The number of likely N-dealkylation sites (N-methyl/N-ethyl adjacent to an activating group) is 1. The molecular weight excluding hydrogens is 344 g/mol. The summed E-state index contributed by atoms with van der Waals surface area (Å²) in [6, 6.07) is 3.43. The number of ether oxygens (including phenoxy) is 1. The topological polar surface area (TPSA) is 44.4 Å². The van der Waals surface area contributed by atoms with E-state index in [1.807, 2.05) is 6.20 Å². The minimum Gasteiger partial charge on any atom is -0.380 e. The van der Waals surface area contributed by atoms with Crippen molar-refractivity contribution in [2.75, 3.05) is 33.4 Å². The van der Waals surface area contributed by atoms with Crippen molar-refractivity contribution in [3.05, 3.63) is 28.5 Å². The van der Waals surface area contributed by atoms with E-state index in [1.54, 1.807) is 0 Å². The number of likely N-dealkylation sites (tertiary alicyclic amines) is 1. The number of rotatable bonds is 4. The van der Waals surface area contributed by atoms with E-state index in [-0.39, 0.29) is 0 Å². The zero-order chi connectivity index (χ0) is 15.1. The number of hydrogen-bond donors (Lipinski definition) is 1. The van der Waals surface area contributed by atoms with Crippen LogP contribution in [0.5, 0.6) is 0 Å². The molecular formula is C16H21BrN4O. The van der Waals surface area contributed by atoms with E-state index >= 15 is 0 Å². The number of nitrogens with one attached hydrogen (secondary N) is 1. The molecule has 2 aromatic rings. The van der Waals surface area contributed by atoms with Gasteiger partial charge in [-0.2, -0.15) is 0 Å². The highest BCUT2D eigenvalue weighted by atomic mass is 79.9. The summed E-state index contributed by atoms with van der Waals surface area (Å²) in [5.74, 6) is 0. The fourth-order valence-electron chi connectivity index (χ4n) is 3.47. The predicted molar refractivity (Wildman–Crippen MR) is 89.8 cm³/mol. The lowest BCUT2D eigenvalue weighted by Crippen LogP contribution is -2.60. The van der Waals surface area contributed by atoms with Gasteiger partial charge in [0, 0.05) is 60.6 Å². The van der Waals surface area contributed by atoms with Crippen LogP contribution in [0, 0.1) is 0 Å². The number of hydrogen-bond acceptors (Lipinski definition) is 4. The average molecular weight is 365 g/mol. The fourth-order valence-corrected chi connectivity index (χ4v) is 3.81. The summed E-state index contributed by atoms with van der Waals surface area (Å²) < 4.78 is 6.53. The summed E-state index contributed by atoms with van der Waals surface area (Å²) in [7, 11) is 2.24. The van der Waals surface area contributed by atoms with Crippen LogP contribution in [-0.4, -0.2) is 65.2 Å². The molecule has 2 aliphatic heterocycles. The number of fused-ring (bicyclic) bond motifs is 1. The van der Waals surface area contributed by atoms with E-state index in [9.17, 15) is 0 Å². The Morgan fingerprint density at radius 3 is 3.09 bits per heavy atom. The Morgan fingerprint density at radius 2 is 2.32 bits per heavy atom. The molecule has 5 nitrogen and oxygen atoms in total. The molecule has 0 amide bonds. The molecule has 6 heteroatoms. The van der Waals surface area contributed by atoms with E-state index in [1.165, 1.54) is 17.4 Å². The lowest BCUT2D eigenvalue weighted by atomic mass is 10.0. The first-order chi connectivity index (χ1) is 10.7. The third-order valence-electron chi connectivity index (χ3n) is 4.97. The number of halogens is 1. The van der Waals surface area contributed by atoms with Crippen molar-refractivity contribution in [3.8, 4) is 0 Å². The maximum absolute atomic E-state index is 5.50. The van der Waals surface area contributed by atoms with E-state index in [0.29, 0.717) is 12.1 Å². The third kappa shape index (κ3) is 2.69. The van der Waals surface area contributed by atoms with Crippen molar-refractivity contribution >= 4 is 27.0 Å². The summed E-state index contributed by atoms with van der Waals surface area (Å²) >= 11 is 3.51. The lowest BCUT2D eigenvalue weighted by Gasteiger charge is -2.46. The molecule has 4 rings (SSSR count). The van der Waals surface area contributed by atoms with Gasteiger partial charge in [-0.1, -0.05) is 0 Å². The minimum atomic E-state index is 0.611. The highest BCUT2D eigenvalue weighted by molar-refractivity contribution is 9.10. The lowest BCUT2D eigenvalue weighted by molar-refractivity contribution is 0.0175. The molecule has 118 valence electrons. The number of pyridine rings is 1. The number of nitrogens with zero attached hydrogens (tertiary/aromatic N) is 3. The van der Waals surface area contributed by atoms with Gasteiger partial charge in [0.05, 0.1) is 6.61 Å². The smallest absolute Gasteiger partial charge is 0.137 e. The standard InChI is InChI=1S/C16H21BrN4O/c1-20(13-2-3-22-10-13)14-8-21(9-14)7-11-5-18-16-15(11)4-12(17)6-19-16/h4-6,13-14H,2-3,7-10H2,1H3,(H,18,19)/t13-/m1/s1. The van der Waals surface area contributed by atoms with Crippen molar-refractivity contribution in [1.82, 2.24) is 19.8 Å². The van der Waals surface area contributed by atoms with Gasteiger partial charge in [-0.15, -0.1) is 0 Å². The van der Waals surface area contributed by atoms with Crippen LogP contribution < -0.4 is 0 Å². The molecule has 2 saturated heterocycles. The molecule has 0 radical (unpaired) electrons. The second-order valence-electron chi connectivity index (χ2n) is 6.39. The number of aromatic amines is 1. The molecule has 1 N–H and O–H groups in total. The summed E-state index contributed by atoms with van der Waals surface area (Å²) in [5, 5.41) is 1.22. The minimum absolute atomic E-state index is 0.611. The van der Waals surface area contributed by atoms with Gasteiger partial charge >= 0.3 is 0 Å². The SMILES string of the molecule is CN(C1CN(Cc2c[nH]c3ncc(Br)cc23)C1)[C@@H]1CCOC1.